The lowest BCUT2D eigenvalue weighted by Gasteiger charge is -2.02. The highest BCUT2D eigenvalue weighted by Gasteiger charge is 2.08. The Bertz CT molecular complexity index is 688. The Morgan fingerprint density at radius 1 is 1.00 bits per heavy atom. The van der Waals surface area contributed by atoms with Gasteiger partial charge in [-0.25, -0.2) is 0 Å². The lowest BCUT2D eigenvalue weighted by molar-refractivity contribution is 1.47. The van der Waals surface area contributed by atoms with Crippen LogP contribution in [0.25, 0.3) is 22.0 Å². The smallest absolute Gasteiger partial charge is 0.0485 e. The summed E-state index contributed by atoms with van der Waals surface area (Å²) in [6.07, 6.45) is 2.00. The van der Waals surface area contributed by atoms with Gasteiger partial charge in [-0.15, -0.1) is 0 Å². The van der Waals surface area contributed by atoms with Crippen molar-refractivity contribution in [2.45, 2.75) is 0 Å². The van der Waals surface area contributed by atoms with Crippen LogP contribution in [-0.4, -0.2) is 4.98 Å². The summed E-state index contributed by atoms with van der Waals surface area (Å²) in [6.45, 7) is 0. The third kappa shape index (κ3) is 1.88. The Morgan fingerprint density at radius 3 is 2.65 bits per heavy atom. The summed E-state index contributed by atoms with van der Waals surface area (Å²) in [5.41, 5.74) is 3.30. The van der Waals surface area contributed by atoms with Gasteiger partial charge in [0.05, 0.1) is 0 Å². The van der Waals surface area contributed by atoms with Crippen LogP contribution < -0.4 is 0 Å². The van der Waals surface area contributed by atoms with Crippen LogP contribution in [0.15, 0.2) is 53.1 Å². The van der Waals surface area contributed by atoms with Gasteiger partial charge in [-0.3, -0.25) is 0 Å². The van der Waals surface area contributed by atoms with Crippen LogP contribution in [0.1, 0.15) is 0 Å². The molecule has 0 bridgehead atoms. The fourth-order valence-electron chi connectivity index (χ4n) is 2.00. The SMILES string of the molecule is Clc1ccccc1-c1c[nH]c2ccc(Br)cc12. The topological polar surface area (TPSA) is 15.8 Å². The van der Waals surface area contributed by atoms with E-state index >= 15 is 0 Å². The van der Waals surface area contributed by atoms with E-state index < -0.39 is 0 Å². The fraction of sp³-hybridized carbons (Fsp3) is 0. The molecule has 0 saturated heterocycles. The molecule has 1 nitrogen and oxygen atoms in total. The highest BCUT2D eigenvalue weighted by atomic mass is 79.9. The maximum atomic E-state index is 6.23. The maximum Gasteiger partial charge on any atom is 0.0485 e. The number of halogens is 2. The zero-order chi connectivity index (χ0) is 11.8. The lowest BCUT2D eigenvalue weighted by atomic mass is 10.1. The molecule has 1 heterocycles. The van der Waals surface area contributed by atoms with Crippen LogP contribution in [0.3, 0.4) is 0 Å². The number of nitrogens with one attached hydrogen (secondary N) is 1. The lowest BCUT2D eigenvalue weighted by Crippen LogP contribution is -1.77. The van der Waals surface area contributed by atoms with Gasteiger partial charge >= 0.3 is 0 Å². The molecule has 0 aliphatic rings. The summed E-state index contributed by atoms with van der Waals surface area (Å²) < 4.78 is 1.07. The van der Waals surface area contributed by atoms with Gasteiger partial charge < -0.3 is 4.98 Å². The maximum absolute atomic E-state index is 6.23. The summed E-state index contributed by atoms with van der Waals surface area (Å²) in [4.78, 5) is 3.26. The van der Waals surface area contributed by atoms with Crippen molar-refractivity contribution in [1.29, 1.82) is 0 Å². The first-order valence-electron chi connectivity index (χ1n) is 5.27. The molecule has 84 valence electrons. The van der Waals surface area contributed by atoms with Crippen LogP contribution in [0.4, 0.5) is 0 Å². The first-order valence-corrected chi connectivity index (χ1v) is 6.44. The third-order valence-electron chi connectivity index (χ3n) is 2.81. The van der Waals surface area contributed by atoms with Crippen molar-refractivity contribution in [1.82, 2.24) is 4.98 Å². The predicted molar refractivity (Wildman–Crippen MR) is 76.4 cm³/mol. The monoisotopic (exact) mass is 305 g/mol. The number of hydrogen-bond acceptors (Lipinski definition) is 0. The van der Waals surface area contributed by atoms with E-state index in [9.17, 15) is 0 Å². The molecule has 2 aromatic carbocycles. The van der Waals surface area contributed by atoms with Crippen LogP contribution in [0, 0.1) is 0 Å². The number of H-pyrrole nitrogens is 1. The zero-order valence-electron chi connectivity index (χ0n) is 8.87. The standard InChI is InChI=1S/C14H9BrClN/c15-9-5-6-14-11(7-9)12(8-17-14)10-3-1-2-4-13(10)16/h1-8,17H. The minimum atomic E-state index is 0.772. The predicted octanol–water partition coefficient (Wildman–Crippen LogP) is 5.25. The van der Waals surface area contributed by atoms with E-state index in [-0.39, 0.29) is 0 Å². The first kappa shape index (κ1) is 10.9. The van der Waals surface area contributed by atoms with Crippen LogP contribution in [0.2, 0.25) is 5.02 Å². The van der Waals surface area contributed by atoms with Crippen molar-refractivity contribution in [2.24, 2.45) is 0 Å². The van der Waals surface area contributed by atoms with E-state index in [2.05, 4.69) is 33.0 Å². The highest BCUT2D eigenvalue weighted by Crippen LogP contribution is 2.34. The quantitative estimate of drug-likeness (QED) is 0.632. The molecule has 0 amide bonds. The number of aromatic nitrogens is 1. The molecule has 0 aliphatic carbocycles. The van der Waals surface area contributed by atoms with Gasteiger partial charge in [0.25, 0.3) is 0 Å². The van der Waals surface area contributed by atoms with E-state index in [0.717, 1.165) is 26.1 Å². The highest BCUT2D eigenvalue weighted by molar-refractivity contribution is 9.10. The molecule has 17 heavy (non-hydrogen) atoms. The van der Waals surface area contributed by atoms with Crippen molar-refractivity contribution in [3.05, 3.63) is 58.2 Å². The number of rotatable bonds is 1. The van der Waals surface area contributed by atoms with Crippen molar-refractivity contribution < 1.29 is 0 Å². The molecule has 0 atom stereocenters. The normalized spacial score (nSPS) is 10.9. The molecule has 0 aliphatic heterocycles. The summed E-state index contributed by atoms with van der Waals surface area (Å²) in [5.74, 6) is 0. The van der Waals surface area contributed by atoms with Crippen LogP contribution in [0.5, 0.6) is 0 Å². The molecule has 0 unspecified atom stereocenters. The molecular weight excluding hydrogens is 298 g/mol. The van der Waals surface area contributed by atoms with Crippen molar-refractivity contribution in [3.8, 4) is 11.1 Å². The average Bonchev–Trinajstić information content (AvgIpc) is 2.72. The molecule has 3 aromatic rings. The molecule has 0 fully saturated rings. The van der Waals surface area contributed by atoms with E-state index in [4.69, 9.17) is 11.6 Å². The Labute approximate surface area is 113 Å². The molecule has 1 aromatic heterocycles. The van der Waals surface area contributed by atoms with Crippen LogP contribution in [-0.2, 0) is 0 Å². The second-order valence-electron chi connectivity index (χ2n) is 3.87. The Hall–Kier alpha value is -1.25. The molecular formula is C14H9BrClN. The van der Waals surface area contributed by atoms with Gasteiger partial charge in [0, 0.05) is 37.7 Å². The van der Waals surface area contributed by atoms with Crippen LogP contribution >= 0.6 is 27.5 Å². The van der Waals surface area contributed by atoms with Crippen molar-refractivity contribution >= 4 is 38.4 Å². The van der Waals surface area contributed by atoms with Gasteiger partial charge in [0.1, 0.15) is 0 Å². The Kier molecular flexibility index (Phi) is 2.69. The largest absolute Gasteiger partial charge is 0.361 e. The molecule has 3 heteroatoms. The third-order valence-corrected chi connectivity index (χ3v) is 3.63. The summed E-state index contributed by atoms with van der Waals surface area (Å²) in [5, 5.41) is 1.95. The van der Waals surface area contributed by atoms with E-state index in [1.807, 2.05) is 36.5 Å². The Morgan fingerprint density at radius 2 is 1.82 bits per heavy atom. The van der Waals surface area contributed by atoms with E-state index in [1.165, 1.54) is 5.39 Å². The van der Waals surface area contributed by atoms with Gasteiger partial charge in [0.15, 0.2) is 0 Å². The van der Waals surface area contributed by atoms with Gasteiger partial charge in [-0.1, -0.05) is 45.7 Å². The molecule has 0 radical (unpaired) electrons. The van der Waals surface area contributed by atoms with E-state index in [1.54, 1.807) is 0 Å². The van der Waals surface area contributed by atoms with Crippen molar-refractivity contribution in [3.63, 3.8) is 0 Å². The summed E-state index contributed by atoms with van der Waals surface area (Å²) in [7, 11) is 0. The fourth-order valence-corrected chi connectivity index (χ4v) is 2.59. The second kappa shape index (κ2) is 4.21. The van der Waals surface area contributed by atoms with Crippen molar-refractivity contribution in [2.75, 3.05) is 0 Å². The molecule has 3 rings (SSSR count). The average molecular weight is 307 g/mol. The van der Waals surface area contributed by atoms with Gasteiger partial charge in [-0.2, -0.15) is 0 Å². The second-order valence-corrected chi connectivity index (χ2v) is 5.19. The minimum Gasteiger partial charge on any atom is -0.361 e. The van der Waals surface area contributed by atoms with Gasteiger partial charge in [0.2, 0.25) is 0 Å². The zero-order valence-corrected chi connectivity index (χ0v) is 11.2. The first-order chi connectivity index (χ1) is 8.25. The number of aromatic amines is 1. The number of hydrogen-bond donors (Lipinski definition) is 1. The number of benzene rings is 2. The Balaban J connectivity index is 2.31. The molecule has 0 spiro atoms. The number of fused-ring (bicyclic) bond motifs is 1. The summed E-state index contributed by atoms with van der Waals surface area (Å²) >= 11 is 9.73. The van der Waals surface area contributed by atoms with E-state index in [0.29, 0.717) is 0 Å². The minimum absolute atomic E-state index is 0.772. The molecule has 0 saturated carbocycles. The summed E-state index contributed by atoms with van der Waals surface area (Å²) in [6, 6.07) is 14.1. The molecule has 1 N–H and O–H groups in total. The van der Waals surface area contributed by atoms with Gasteiger partial charge in [-0.05, 0) is 24.3 Å².